The van der Waals surface area contributed by atoms with Crippen LogP contribution in [-0.4, -0.2) is 37.1 Å². The number of benzene rings is 1. The standard InChI is InChI=1S/C16H26N2O2/c1-5-18(6-2)12-15-10-8-7-9-14(15)11-17-13(3)16(19)20-4/h7-10,13,17H,5-6,11-12H2,1-4H3. The molecule has 1 aromatic carbocycles. The summed E-state index contributed by atoms with van der Waals surface area (Å²) in [5, 5.41) is 3.21. The van der Waals surface area contributed by atoms with Crippen LogP contribution in [0.25, 0.3) is 0 Å². The summed E-state index contributed by atoms with van der Waals surface area (Å²) in [6.07, 6.45) is 0. The summed E-state index contributed by atoms with van der Waals surface area (Å²) in [6.45, 7) is 9.85. The van der Waals surface area contributed by atoms with E-state index in [0.29, 0.717) is 6.54 Å². The summed E-state index contributed by atoms with van der Waals surface area (Å²) in [5.74, 6) is -0.230. The fraction of sp³-hybridized carbons (Fsp3) is 0.562. The van der Waals surface area contributed by atoms with Gasteiger partial charge in [0.15, 0.2) is 0 Å². The lowest BCUT2D eigenvalue weighted by atomic mass is 10.1. The van der Waals surface area contributed by atoms with E-state index in [-0.39, 0.29) is 12.0 Å². The first-order valence-corrected chi connectivity index (χ1v) is 7.22. The van der Waals surface area contributed by atoms with E-state index in [4.69, 9.17) is 4.74 Å². The normalized spacial score (nSPS) is 12.4. The Morgan fingerprint density at radius 1 is 1.25 bits per heavy atom. The maximum Gasteiger partial charge on any atom is 0.322 e. The van der Waals surface area contributed by atoms with Gasteiger partial charge in [0.1, 0.15) is 6.04 Å². The molecule has 4 nitrogen and oxygen atoms in total. The number of esters is 1. The van der Waals surface area contributed by atoms with Crippen molar-refractivity contribution in [2.75, 3.05) is 20.2 Å². The zero-order valence-electron chi connectivity index (χ0n) is 13.0. The second-order valence-corrected chi connectivity index (χ2v) is 4.86. The van der Waals surface area contributed by atoms with Crippen LogP contribution in [0.5, 0.6) is 0 Å². The van der Waals surface area contributed by atoms with Crippen LogP contribution in [0, 0.1) is 0 Å². The maximum atomic E-state index is 11.4. The maximum absolute atomic E-state index is 11.4. The monoisotopic (exact) mass is 278 g/mol. The molecule has 112 valence electrons. The van der Waals surface area contributed by atoms with Crippen molar-refractivity contribution in [2.45, 2.75) is 39.9 Å². The first-order chi connectivity index (χ1) is 9.62. The SMILES string of the molecule is CCN(CC)Cc1ccccc1CNC(C)C(=O)OC. The van der Waals surface area contributed by atoms with E-state index < -0.39 is 0 Å². The highest BCUT2D eigenvalue weighted by Crippen LogP contribution is 2.12. The highest BCUT2D eigenvalue weighted by molar-refractivity contribution is 5.75. The van der Waals surface area contributed by atoms with E-state index >= 15 is 0 Å². The Morgan fingerprint density at radius 2 is 1.85 bits per heavy atom. The Balaban J connectivity index is 2.68. The molecule has 0 aliphatic carbocycles. The zero-order valence-corrected chi connectivity index (χ0v) is 13.0. The first-order valence-electron chi connectivity index (χ1n) is 7.22. The lowest BCUT2D eigenvalue weighted by molar-refractivity contribution is -0.142. The molecule has 0 saturated carbocycles. The largest absolute Gasteiger partial charge is 0.468 e. The van der Waals surface area contributed by atoms with Crippen molar-refractivity contribution in [2.24, 2.45) is 0 Å². The Kier molecular flexibility index (Phi) is 7.26. The van der Waals surface area contributed by atoms with Crippen LogP contribution >= 0.6 is 0 Å². The molecule has 4 heteroatoms. The topological polar surface area (TPSA) is 41.6 Å². The third-order valence-corrected chi connectivity index (χ3v) is 3.56. The van der Waals surface area contributed by atoms with Crippen LogP contribution in [0.2, 0.25) is 0 Å². The minimum atomic E-state index is -0.290. The molecule has 0 heterocycles. The van der Waals surface area contributed by atoms with Gasteiger partial charge in [0.05, 0.1) is 7.11 Å². The minimum Gasteiger partial charge on any atom is -0.468 e. The summed E-state index contributed by atoms with van der Waals surface area (Å²) < 4.78 is 4.72. The summed E-state index contributed by atoms with van der Waals surface area (Å²) >= 11 is 0. The van der Waals surface area contributed by atoms with E-state index in [1.807, 2.05) is 13.0 Å². The number of nitrogens with zero attached hydrogens (tertiary/aromatic N) is 1. The summed E-state index contributed by atoms with van der Waals surface area (Å²) in [6, 6.07) is 8.06. The van der Waals surface area contributed by atoms with Gasteiger partial charge in [0, 0.05) is 13.1 Å². The van der Waals surface area contributed by atoms with Crippen molar-refractivity contribution in [1.29, 1.82) is 0 Å². The van der Waals surface area contributed by atoms with Crippen LogP contribution in [0.15, 0.2) is 24.3 Å². The molecule has 0 aliphatic rings. The smallest absolute Gasteiger partial charge is 0.322 e. The number of methoxy groups -OCH3 is 1. The van der Waals surface area contributed by atoms with Crippen molar-refractivity contribution < 1.29 is 9.53 Å². The van der Waals surface area contributed by atoms with Gasteiger partial charge in [-0.15, -0.1) is 0 Å². The zero-order chi connectivity index (χ0) is 15.0. The van der Waals surface area contributed by atoms with E-state index in [2.05, 4.69) is 42.3 Å². The molecule has 1 N–H and O–H groups in total. The van der Waals surface area contributed by atoms with Crippen molar-refractivity contribution in [3.8, 4) is 0 Å². The second kappa shape index (κ2) is 8.72. The predicted molar refractivity (Wildman–Crippen MR) is 81.4 cm³/mol. The van der Waals surface area contributed by atoms with Crippen LogP contribution in [-0.2, 0) is 22.6 Å². The number of hydrogen-bond donors (Lipinski definition) is 1. The molecule has 0 aromatic heterocycles. The number of rotatable bonds is 8. The van der Waals surface area contributed by atoms with Gasteiger partial charge in [-0.2, -0.15) is 0 Å². The summed E-state index contributed by atoms with van der Waals surface area (Å²) in [4.78, 5) is 13.8. The lowest BCUT2D eigenvalue weighted by Gasteiger charge is -2.21. The van der Waals surface area contributed by atoms with Gasteiger partial charge in [-0.25, -0.2) is 0 Å². The van der Waals surface area contributed by atoms with Gasteiger partial charge in [0.2, 0.25) is 0 Å². The van der Waals surface area contributed by atoms with Gasteiger partial charge in [-0.3, -0.25) is 9.69 Å². The number of hydrogen-bond acceptors (Lipinski definition) is 4. The van der Waals surface area contributed by atoms with E-state index in [1.165, 1.54) is 18.2 Å². The fourth-order valence-corrected chi connectivity index (χ4v) is 2.10. The molecule has 1 rings (SSSR count). The molecule has 0 saturated heterocycles. The van der Waals surface area contributed by atoms with Crippen molar-refractivity contribution >= 4 is 5.97 Å². The van der Waals surface area contributed by atoms with Gasteiger partial charge in [-0.1, -0.05) is 38.1 Å². The highest BCUT2D eigenvalue weighted by atomic mass is 16.5. The molecular formula is C16H26N2O2. The number of ether oxygens (including phenoxy) is 1. The van der Waals surface area contributed by atoms with Crippen molar-refractivity contribution in [3.05, 3.63) is 35.4 Å². The summed E-state index contributed by atoms with van der Waals surface area (Å²) in [5.41, 5.74) is 2.54. The van der Waals surface area contributed by atoms with Crippen LogP contribution in [0.3, 0.4) is 0 Å². The number of nitrogens with one attached hydrogen (secondary N) is 1. The average Bonchev–Trinajstić information content (AvgIpc) is 2.50. The Morgan fingerprint density at radius 3 is 2.40 bits per heavy atom. The third-order valence-electron chi connectivity index (χ3n) is 3.56. The Hall–Kier alpha value is -1.39. The quantitative estimate of drug-likeness (QED) is 0.740. The van der Waals surface area contributed by atoms with Gasteiger partial charge in [0.25, 0.3) is 0 Å². The second-order valence-electron chi connectivity index (χ2n) is 4.86. The Bertz CT molecular complexity index is 417. The molecule has 1 atom stereocenters. The van der Waals surface area contributed by atoms with Crippen molar-refractivity contribution in [1.82, 2.24) is 10.2 Å². The molecular weight excluding hydrogens is 252 g/mol. The van der Waals surface area contributed by atoms with Gasteiger partial charge in [-0.05, 0) is 31.1 Å². The van der Waals surface area contributed by atoms with Crippen LogP contribution < -0.4 is 5.32 Å². The van der Waals surface area contributed by atoms with E-state index in [0.717, 1.165) is 19.6 Å². The average molecular weight is 278 g/mol. The van der Waals surface area contributed by atoms with Crippen molar-refractivity contribution in [3.63, 3.8) is 0 Å². The minimum absolute atomic E-state index is 0.230. The molecule has 1 aromatic rings. The summed E-state index contributed by atoms with van der Waals surface area (Å²) in [7, 11) is 1.41. The molecule has 0 spiro atoms. The molecule has 0 radical (unpaired) electrons. The first kappa shape index (κ1) is 16.7. The lowest BCUT2D eigenvalue weighted by Crippen LogP contribution is -2.34. The molecule has 0 bridgehead atoms. The van der Waals surface area contributed by atoms with Gasteiger partial charge >= 0.3 is 5.97 Å². The predicted octanol–water partition coefficient (Wildman–Crippen LogP) is 2.18. The fourth-order valence-electron chi connectivity index (χ4n) is 2.10. The molecule has 0 aliphatic heterocycles. The molecule has 1 unspecified atom stereocenters. The highest BCUT2D eigenvalue weighted by Gasteiger charge is 2.13. The number of carbonyl (C=O) groups excluding carboxylic acids is 1. The van der Waals surface area contributed by atoms with Gasteiger partial charge < -0.3 is 10.1 Å². The van der Waals surface area contributed by atoms with E-state index in [9.17, 15) is 4.79 Å². The third kappa shape index (κ3) is 4.94. The Labute approximate surface area is 122 Å². The molecule has 20 heavy (non-hydrogen) atoms. The molecule has 0 fully saturated rings. The van der Waals surface area contributed by atoms with Crippen LogP contribution in [0.1, 0.15) is 31.9 Å². The number of carbonyl (C=O) groups is 1. The molecule has 0 amide bonds. The van der Waals surface area contributed by atoms with Crippen LogP contribution in [0.4, 0.5) is 0 Å². The van der Waals surface area contributed by atoms with E-state index in [1.54, 1.807) is 0 Å².